The highest BCUT2D eigenvalue weighted by molar-refractivity contribution is 6.17. The van der Waals surface area contributed by atoms with Gasteiger partial charge in [-0.25, -0.2) is 9.59 Å². The molecule has 0 bridgehead atoms. The maximum absolute atomic E-state index is 13.0. The number of esters is 1. The highest BCUT2D eigenvalue weighted by atomic mass is 35.5. The van der Waals surface area contributed by atoms with Crippen LogP contribution in [0.3, 0.4) is 0 Å². The predicted molar refractivity (Wildman–Crippen MR) is 120 cm³/mol. The van der Waals surface area contributed by atoms with E-state index < -0.39 is 17.6 Å². The van der Waals surface area contributed by atoms with Crippen molar-refractivity contribution < 1.29 is 33.3 Å². The molecule has 0 aromatic heterocycles. The van der Waals surface area contributed by atoms with Gasteiger partial charge in [0.25, 0.3) is 0 Å². The largest absolute Gasteiger partial charge is 0.493 e. The van der Waals surface area contributed by atoms with Gasteiger partial charge < -0.3 is 23.7 Å². The average Bonchev–Trinajstić information content (AvgIpc) is 2.83. The van der Waals surface area contributed by atoms with E-state index in [2.05, 4.69) is 0 Å². The number of nitrogens with zero attached hydrogens (tertiary/aromatic N) is 1. The first-order chi connectivity index (χ1) is 15.4. The quantitative estimate of drug-likeness (QED) is 0.379. The normalized spacial score (nSPS) is 12.3. The second-order valence-electron chi connectivity index (χ2n) is 6.79. The number of hydrogen-bond donors (Lipinski definition) is 0. The highest BCUT2D eigenvalue weighted by Crippen LogP contribution is 2.40. The molecule has 2 aromatic carbocycles. The lowest BCUT2D eigenvalue weighted by molar-refractivity contribution is 0.00318. The third kappa shape index (κ3) is 5.02. The van der Waals surface area contributed by atoms with Gasteiger partial charge in [0.05, 0.1) is 21.3 Å². The fourth-order valence-electron chi connectivity index (χ4n) is 3.51. The minimum Gasteiger partial charge on any atom is -0.493 e. The summed E-state index contributed by atoms with van der Waals surface area (Å²) in [5, 5.41) is 0. The number of alkyl halides is 1. The Labute approximate surface area is 192 Å². The van der Waals surface area contributed by atoms with Crippen molar-refractivity contribution in [2.24, 2.45) is 0 Å². The van der Waals surface area contributed by atoms with Crippen LogP contribution in [-0.2, 0) is 15.0 Å². The molecule has 1 amide bonds. The van der Waals surface area contributed by atoms with Crippen LogP contribution in [-0.4, -0.2) is 58.0 Å². The molecule has 0 saturated heterocycles. The van der Waals surface area contributed by atoms with Crippen molar-refractivity contribution in [1.82, 2.24) is 4.90 Å². The molecule has 9 heteroatoms. The van der Waals surface area contributed by atoms with E-state index in [-0.39, 0.29) is 29.7 Å². The Morgan fingerprint density at radius 1 is 0.938 bits per heavy atom. The van der Waals surface area contributed by atoms with E-state index in [0.29, 0.717) is 12.2 Å². The van der Waals surface area contributed by atoms with Crippen LogP contribution in [0.15, 0.2) is 42.5 Å². The summed E-state index contributed by atoms with van der Waals surface area (Å²) in [5.41, 5.74) is -0.0399. The molecule has 8 nitrogen and oxygen atoms in total. The van der Waals surface area contributed by atoms with Gasteiger partial charge in [-0.1, -0.05) is 48.9 Å². The summed E-state index contributed by atoms with van der Waals surface area (Å²) < 4.78 is 26.7. The molecule has 0 radical (unpaired) electrons. The van der Waals surface area contributed by atoms with E-state index in [0.717, 1.165) is 5.56 Å². The van der Waals surface area contributed by atoms with E-state index >= 15 is 0 Å². The number of amides is 1. The summed E-state index contributed by atoms with van der Waals surface area (Å²) in [6.45, 7) is 1.76. The molecule has 0 fully saturated rings. The first kappa shape index (κ1) is 25.1. The van der Waals surface area contributed by atoms with Crippen LogP contribution in [0.2, 0.25) is 0 Å². The van der Waals surface area contributed by atoms with Gasteiger partial charge in [-0.15, -0.1) is 0 Å². The molecule has 0 heterocycles. The number of ether oxygens (including phenoxy) is 5. The zero-order valence-electron chi connectivity index (χ0n) is 18.8. The maximum Gasteiger partial charge on any atom is 0.411 e. The summed E-state index contributed by atoms with van der Waals surface area (Å²) in [5.74, 6) is 0.234. The Morgan fingerprint density at radius 3 is 2.12 bits per heavy atom. The molecule has 0 aliphatic rings. The van der Waals surface area contributed by atoms with Crippen molar-refractivity contribution in [2.75, 3.05) is 41.1 Å². The molecule has 0 N–H and O–H groups in total. The zero-order valence-corrected chi connectivity index (χ0v) is 19.6. The van der Waals surface area contributed by atoms with Crippen LogP contribution < -0.4 is 14.2 Å². The second-order valence-corrected chi connectivity index (χ2v) is 7.01. The molecule has 0 saturated carbocycles. The van der Waals surface area contributed by atoms with Crippen molar-refractivity contribution in [3.05, 3.63) is 53.6 Å². The summed E-state index contributed by atoms with van der Waals surface area (Å²) in [7, 11) is 5.94. The third-order valence-corrected chi connectivity index (χ3v) is 5.47. The van der Waals surface area contributed by atoms with Gasteiger partial charge in [0.2, 0.25) is 5.75 Å². The Morgan fingerprint density at radius 2 is 1.59 bits per heavy atom. The van der Waals surface area contributed by atoms with Crippen LogP contribution >= 0.6 is 11.6 Å². The van der Waals surface area contributed by atoms with Gasteiger partial charge in [0.15, 0.2) is 17.6 Å². The molecule has 0 aliphatic carbocycles. The molecular weight excluding hydrogens is 438 g/mol. The van der Waals surface area contributed by atoms with Gasteiger partial charge in [-0.05, 0) is 24.1 Å². The van der Waals surface area contributed by atoms with E-state index in [1.54, 1.807) is 13.1 Å². The summed E-state index contributed by atoms with van der Waals surface area (Å²) >= 11 is 5.58. The van der Waals surface area contributed by atoms with Crippen molar-refractivity contribution >= 4 is 23.7 Å². The average molecular weight is 466 g/mol. The van der Waals surface area contributed by atoms with Crippen molar-refractivity contribution in [3.63, 3.8) is 0 Å². The van der Waals surface area contributed by atoms with E-state index in [1.165, 1.54) is 32.3 Å². The number of methoxy groups -OCH3 is 3. The maximum atomic E-state index is 13.0. The van der Waals surface area contributed by atoms with Crippen LogP contribution in [0.25, 0.3) is 0 Å². The van der Waals surface area contributed by atoms with Gasteiger partial charge in [-0.3, -0.25) is 4.90 Å². The lowest BCUT2D eigenvalue weighted by Crippen LogP contribution is -2.50. The molecule has 0 unspecified atom stereocenters. The summed E-state index contributed by atoms with van der Waals surface area (Å²) in [4.78, 5) is 27.0. The van der Waals surface area contributed by atoms with Crippen LogP contribution in [0.4, 0.5) is 4.79 Å². The van der Waals surface area contributed by atoms with Gasteiger partial charge in [0, 0.05) is 7.05 Å². The standard InChI is InChI=1S/C23H28ClNO7/c1-6-23(16-10-8-7-9-11-16,25(2)22(27)32-15-24)14-31-21(26)17-12-13-18(28-3)20(30-5)19(17)29-4/h7-13H,6,14-15H2,1-5H3/t23-/m1/s1. The van der Waals surface area contributed by atoms with Gasteiger partial charge in [0.1, 0.15) is 17.7 Å². The van der Waals surface area contributed by atoms with Crippen molar-refractivity contribution in [2.45, 2.75) is 18.9 Å². The Bertz CT molecular complexity index is 922. The fraction of sp³-hybridized carbons (Fsp3) is 0.391. The third-order valence-electron chi connectivity index (χ3n) is 5.36. The molecule has 0 aliphatic heterocycles. The fourth-order valence-corrected chi connectivity index (χ4v) is 3.60. The van der Waals surface area contributed by atoms with E-state index in [9.17, 15) is 9.59 Å². The van der Waals surface area contributed by atoms with E-state index in [1.807, 2.05) is 37.3 Å². The van der Waals surface area contributed by atoms with Crippen LogP contribution in [0.5, 0.6) is 17.2 Å². The number of halogens is 1. The topological polar surface area (TPSA) is 83.5 Å². The molecule has 1 atom stereocenters. The molecule has 32 heavy (non-hydrogen) atoms. The highest BCUT2D eigenvalue weighted by Gasteiger charge is 2.40. The first-order valence-electron chi connectivity index (χ1n) is 9.88. The smallest absolute Gasteiger partial charge is 0.411 e. The summed E-state index contributed by atoms with van der Waals surface area (Å²) in [6, 6.07) is 12.1. The lowest BCUT2D eigenvalue weighted by atomic mass is 9.86. The molecule has 2 rings (SSSR count). The number of hydrogen-bond acceptors (Lipinski definition) is 7. The molecule has 174 valence electrons. The minimum atomic E-state index is -0.982. The Kier molecular flexibility index (Phi) is 9.02. The van der Waals surface area contributed by atoms with Crippen molar-refractivity contribution in [3.8, 4) is 17.2 Å². The minimum absolute atomic E-state index is 0.127. The number of carbonyl (C=O) groups is 2. The van der Waals surface area contributed by atoms with Gasteiger partial charge in [-0.2, -0.15) is 0 Å². The zero-order chi connectivity index (χ0) is 23.7. The number of benzene rings is 2. The Balaban J connectivity index is 2.42. The van der Waals surface area contributed by atoms with Gasteiger partial charge >= 0.3 is 12.1 Å². The SMILES string of the molecule is CC[C@@](COC(=O)c1ccc(OC)c(OC)c1OC)(c1ccccc1)N(C)C(=O)OCCl. The van der Waals surface area contributed by atoms with Crippen molar-refractivity contribution in [1.29, 1.82) is 0 Å². The first-order valence-corrected chi connectivity index (χ1v) is 10.4. The number of rotatable bonds is 10. The number of likely N-dealkylation sites (N-methyl/N-ethyl adjacent to an activating group) is 1. The number of carbonyl (C=O) groups excluding carboxylic acids is 2. The van der Waals surface area contributed by atoms with Crippen LogP contribution in [0.1, 0.15) is 29.3 Å². The lowest BCUT2D eigenvalue weighted by Gasteiger charge is -2.40. The predicted octanol–water partition coefficient (Wildman–Crippen LogP) is 4.44. The summed E-state index contributed by atoms with van der Waals surface area (Å²) in [6.07, 6.45) is -0.188. The Hall–Kier alpha value is -3.13. The molecule has 2 aromatic rings. The van der Waals surface area contributed by atoms with E-state index in [4.69, 9.17) is 35.3 Å². The monoisotopic (exact) mass is 465 g/mol. The molecular formula is C23H28ClNO7. The van der Waals surface area contributed by atoms with Crippen LogP contribution in [0, 0.1) is 0 Å². The second kappa shape index (κ2) is 11.5. The molecule has 0 spiro atoms.